The fourth-order valence-corrected chi connectivity index (χ4v) is 2.23. The van der Waals surface area contributed by atoms with E-state index in [0.29, 0.717) is 5.92 Å². The van der Waals surface area contributed by atoms with Crippen LogP contribution in [0.3, 0.4) is 0 Å². The molecular weight excluding hydrogens is 208 g/mol. The SMILES string of the molecule is CCC(C)c1ncc(-c2ncn(C)n2)s1. The summed E-state index contributed by atoms with van der Waals surface area (Å²) in [5.41, 5.74) is 0. The van der Waals surface area contributed by atoms with Crippen molar-refractivity contribution >= 4 is 11.3 Å². The summed E-state index contributed by atoms with van der Waals surface area (Å²) in [6.07, 6.45) is 4.68. The number of hydrogen-bond donors (Lipinski definition) is 0. The fourth-order valence-electron chi connectivity index (χ4n) is 1.25. The van der Waals surface area contributed by atoms with E-state index < -0.39 is 0 Å². The van der Waals surface area contributed by atoms with Gasteiger partial charge in [0.05, 0.1) is 9.88 Å². The normalized spacial score (nSPS) is 13.0. The van der Waals surface area contributed by atoms with Crippen molar-refractivity contribution in [2.75, 3.05) is 0 Å². The summed E-state index contributed by atoms with van der Waals surface area (Å²) < 4.78 is 1.71. The molecule has 0 aliphatic carbocycles. The van der Waals surface area contributed by atoms with Crippen molar-refractivity contribution in [1.82, 2.24) is 19.7 Å². The molecule has 0 saturated heterocycles. The van der Waals surface area contributed by atoms with Gasteiger partial charge in [0.1, 0.15) is 6.33 Å². The molecule has 0 saturated carbocycles. The first-order valence-electron chi connectivity index (χ1n) is 5.02. The number of rotatable bonds is 3. The summed E-state index contributed by atoms with van der Waals surface area (Å²) in [7, 11) is 1.87. The molecule has 4 nitrogen and oxygen atoms in total. The zero-order valence-corrected chi connectivity index (χ0v) is 9.95. The van der Waals surface area contributed by atoms with Crippen LogP contribution in [0.15, 0.2) is 12.5 Å². The summed E-state index contributed by atoms with van der Waals surface area (Å²) in [5, 5.41) is 5.42. The molecule has 1 atom stereocenters. The topological polar surface area (TPSA) is 43.6 Å². The van der Waals surface area contributed by atoms with Gasteiger partial charge in [-0.1, -0.05) is 13.8 Å². The molecule has 2 rings (SSSR count). The van der Waals surface area contributed by atoms with Gasteiger partial charge in [-0.3, -0.25) is 4.68 Å². The van der Waals surface area contributed by atoms with Crippen molar-refractivity contribution in [3.63, 3.8) is 0 Å². The van der Waals surface area contributed by atoms with Crippen molar-refractivity contribution in [3.05, 3.63) is 17.5 Å². The Morgan fingerprint density at radius 2 is 2.27 bits per heavy atom. The summed E-state index contributed by atoms with van der Waals surface area (Å²) in [4.78, 5) is 9.66. The summed E-state index contributed by atoms with van der Waals surface area (Å²) in [6.45, 7) is 4.36. The van der Waals surface area contributed by atoms with E-state index in [9.17, 15) is 0 Å². The molecule has 5 heteroatoms. The zero-order valence-electron chi connectivity index (χ0n) is 9.14. The van der Waals surface area contributed by atoms with Crippen LogP contribution < -0.4 is 0 Å². The molecule has 1 unspecified atom stereocenters. The third-order valence-electron chi connectivity index (χ3n) is 2.38. The average molecular weight is 222 g/mol. The third-order valence-corrected chi connectivity index (χ3v) is 3.60. The van der Waals surface area contributed by atoms with E-state index in [4.69, 9.17) is 0 Å². The van der Waals surface area contributed by atoms with Gasteiger partial charge in [-0.05, 0) is 6.42 Å². The monoisotopic (exact) mass is 222 g/mol. The Bertz CT molecular complexity index is 446. The maximum Gasteiger partial charge on any atom is 0.192 e. The van der Waals surface area contributed by atoms with Crippen molar-refractivity contribution in [2.24, 2.45) is 7.05 Å². The Morgan fingerprint density at radius 1 is 1.47 bits per heavy atom. The predicted octanol–water partition coefficient (Wildman–Crippen LogP) is 2.45. The summed E-state index contributed by atoms with van der Waals surface area (Å²) in [5.74, 6) is 1.29. The van der Waals surface area contributed by atoms with E-state index >= 15 is 0 Å². The number of aromatic nitrogens is 4. The number of nitrogens with zero attached hydrogens (tertiary/aromatic N) is 4. The van der Waals surface area contributed by atoms with E-state index in [2.05, 4.69) is 28.9 Å². The molecule has 2 aromatic heterocycles. The Morgan fingerprint density at radius 3 is 2.87 bits per heavy atom. The molecule has 0 bridgehead atoms. The lowest BCUT2D eigenvalue weighted by Gasteiger charge is -2.00. The van der Waals surface area contributed by atoms with Crippen LogP contribution in [0.5, 0.6) is 0 Å². The molecule has 0 aliphatic heterocycles. The smallest absolute Gasteiger partial charge is 0.192 e. The minimum atomic E-state index is 0.521. The van der Waals surface area contributed by atoms with Crippen LogP contribution in [0.4, 0.5) is 0 Å². The second kappa shape index (κ2) is 4.10. The molecule has 15 heavy (non-hydrogen) atoms. The van der Waals surface area contributed by atoms with Gasteiger partial charge in [-0.15, -0.1) is 11.3 Å². The first-order chi connectivity index (χ1) is 7.20. The van der Waals surface area contributed by atoms with E-state index in [0.717, 1.165) is 17.1 Å². The highest BCUT2D eigenvalue weighted by atomic mass is 32.1. The Kier molecular flexibility index (Phi) is 2.81. The Labute approximate surface area is 93.0 Å². The van der Waals surface area contributed by atoms with Crippen LogP contribution in [0, 0.1) is 0 Å². The minimum Gasteiger partial charge on any atom is -0.255 e. The van der Waals surface area contributed by atoms with Crippen LogP contribution >= 0.6 is 11.3 Å². The van der Waals surface area contributed by atoms with Crippen molar-refractivity contribution in [3.8, 4) is 10.7 Å². The first kappa shape index (κ1) is 10.3. The molecule has 0 aromatic carbocycles. The zero-order chi connectivity index (χ0) is 10.8. The predicted molar refractivity (Wildman–Crippen MR) is 60.8 cm³/mol. The first-order valence-corrected chi connectivity index (χ1v) is 5.84. The van der Waals surface area contributed by atoms with Crippen LogP contribution in [0.2, 0.25) is 0 Å². The molecule has 2 aromatic rings. The van der Waals surface area contributed by atoms with Gasteiger partial charge in [0.25, 0.3) is 0 Å². The van der Waals surface area contributed by atoms with Gasteiger partial charge >= 0.3 is 0 Å². The van der Waals surface area contributed by atoms with E-state index in [-0.39, 0.29) is 0 Å². The molecule has 2 heterocycles. The van der Waals surface area contributed by atoms with Crippen molar-refractivity contribution < 1.29 is 0 Å². The lowest BCUT2D eigenvalue weighted by Crippen LogP contribution is -1.87. The lowest BCUT2D eigenvalue weighted by atomic mass is 10.1. The molecule has 0 N–H and O–H groups in total. The van der Waals surface area contributed by atoms with E-state index in [1.165, 1.54) is 5.01 Å². The largest absolute Gasteiger partial charge is 0.255 e. The van der Waals surface area contributed by atoms with Gasteiger partial charge in [0.2, 0.25) is 0 Å². The highest BCUT2D eigenvalue weighted by Crippen LogP contribution is 2.28. The number of aryl methyl sites for hydroxylation is 1. The fraction of sp³-hybridized carbons (Fsp3) is 0.500. The maximum absolute atomic E-state index is 4.40. The molecule has 0 spiro atoms. The highest BCUT2D eigenvalue weighted by Gasteiger charge is 2.11. The molecule has 80 valence electrons. The maximum atomic E-state index is 4.40. The Hall–Kier alpha value is -1.23. The molecule has 0 radical (unpaired) electrons. The van der Waals surface area contributed by atoms with E-state index in [1.54, 1.807) is 22.3 Å². The third kappa shape index (κ3) is 2.07. The second-order valence-corrected chi connectivity index (χ2v) is 4.68. The van der Waals surface area contributed by atoms with Gasteiger partial charge in [0, 0.05) is 19.2 Å². The second-order valence-electron chi connectivity index (χ2n) is 3.61. The number of thiazole rings is 1. The summed E-state index contributed by atoms with van der Waals surface area (Å²) >= 11 is 1.68. The van der Waals surface area contributed by atoms with Crippen molar-refractivity contribution in [1.29, 1.82) is 0 Å². The van der Waals surface area contributed by atoms with Gasteiger partial charge in [-0.25, -0.2) is 9.97 Å². The summed E-state index contributed by atoms with van der Waals surface area (Å²) in [6, 6.07) is 0. The molecule has 0 fully saturated rings. The van der Waals surface area contributed by atoms with Gasteiger partial charge < -0.3 is 0 Å². The van der Waals surface area contributed by atoms with Crippen LogP contribution in [-0.4, -0.2) is 19.7 Å². The molecule has 0 aliphatic rings. The number of hydrogen-bond acceptors (Lipinski definition) is 4. The average Bonchev–Trinajstić information content (AvgIpc) is 2.84. The van der Waals surface area contributed by atoms with Gasteiger partial charge in [0.15, 0.2) is 5.82 Å². The van der Waals surface area contributed by atoms with Crippen molar-refractivity contribution in [2.45, 2.75) is 26.2 Å². The quantitative estimate of drug-likeness (QED) is 0.801. The lowest BCUT2D eigenvalue weighted by molar-refractivity contribution is 0.726. The Balaban J connectivity index is 2.27. The molecule has 0 amide bonds. The highest BCUT2D eigenvalue weighted by molar-refractivity contribution is 7.15. The van der Waals surface area contributed by atoms with Crippen LogP contribution in [0.1, 0.15) is 31.2 Å². The van der Waals surface area contributed by atoms with Crippen LogP contribution in [-0.2, 0) is 7.05 Å². The van der Waals surface area contributed by atoms with Crippen LogP contribution in [0.25, 0.3) is 10.7 Å². The van der Waals surface area contributed by atoms with E-state index in [1.807, 2.05) is 13.2 Å². The minimum absolute atomic E-state index is 0.521. The molecular formula is C10H14N4S. The standard InChI is InChI=1S/C10H14N4S/c1-4-7(2)10-11-5-8(15-10)9-12-6-14(3)13-9/h5-7H,4H2,1-3H3. The van der Waals surface area contributed by atoms with Gasteiger partial charge in [-0.2, -0.15) is 5.10 Å².